The summed E-state index contributed by atoms with van der Waals surface area (Å²) in [4.78, 5) is 12.5. The van der Waals surface area contributed by atoms with Crippen LogP contribution in [0.2, 0.25) is 0 Å². The van der Waals surface area contributed by atoms with Crippen molar-refractivity contribution in [2.24, 2.45) is 5.92 Å². The minimum absolute atomic E-state index is 0.132. The van der Waals surface area contributed by atoms with Crippen LogP contribution in [0.1, 0.15) is 56.9 Å². The summed E-state index contributed by atoms with van der Waals surface area (Å²) in [6.45, 7) is 6.20. The summed E-state index contributed by atoms with van der Waals surface area (Å²) in [6.07, 6.45) is 2.93. The first-order valence-corrected chi connectivity index (χ1v) is 9.18. The number of carbonyl (C=O) groups excluding carboxylic acids is 1. The Labute approximate surface area is 148 Å². The number of hydrogen-bond donors (Lipinski definition) is 3. The van der Waals surface area contributed by atoms with Gasteiger partial charge in [-0.1, -0.05) is 32.0 Å². The van der Waals surface area contributed by atoms with Crippen LogP contribution in [-0.2, 0) is 0 Å². The molecule has 25 heavy (non-hydrogen) atoms. The third-order valence-corrected chi connectivity index (χ3v) is 5.15. The predicted molar refractivity (Wildman–Crippen MR) is 98.5 cm³/mol. The van der Waals surface area contributed by atoms with Gasteiger partial charge in [-0.25, -0.2) is 4.79 Å². The van der Waals surface area contributed by atoms with Crippen molar-refractivity contribution in [3.05, 3.63) is 35.6 Å². The summed E-state index contributed by atoms with van der Waals surface area (Å²) in [5.74, 6) is 1.03. The molecule has 3 rings (SSSR count). The van der Waals surface area contributed by atoms with Crippen LogP contribution >= 0.6 is 0 Å². The molecule has 0 aliphatic heterocycles. The van der Waals surface area contributed by atoms with E-state index in [2.05, 4.69) is 24.5 Å². The molecule has 0 spiro atoms. The van der Waals surface area contributed by atoms with Gasteiger partial charge in [-0.05, 0) is 44.6 Å². The predicted octanol–water partition coefficient (Wildman–Crippen LogP) is 4.04. The van der Waals surface area contributed by atoms with Crippen molar-refractivity contribution >= 4 is 17.0 Å². The molecule has 0 unspecified atom stereocenters. The maximum Gasteiger partial charge on any atom is 0.315 e. The van der Waals surface area contributed by atoms with Crippen molar-refractivity contribution < 1.29 is 14.3 Å². The molecule has 3 N–H and O–H groups in total. The molecule has 5 nitrogen and oxygen atoms in total. The molecular formula is C20H28N2O3. The standard InChI is InChI=1S/C20H28N2O3/c1-12(2)18(19-13(3)16-6-4-5-7-17(16)25-19)22-20(24)21-14-8-10-15(23)11-9-14/h4-7,12,14-15,18,23H,8-11H2,1-3H3,(H2,21,22,24)/t14?,15?,18-/m0/s1. The van der Waals surface area contributed by atoms with Gasteiger partial charge in [0, 0.05) is 17.0 Å². The molecule has 0 bridgehead atoms. The summed E-state index contributed by atoms with van der Waals surface area (Å²) >= 11 is 0. The van der Waals surface area contributed by atoms with Gasteiger partial charge in [0.15, 0.2) is 0 Å². The molecule has 1 saturated carbocycles. The van der Waals surface area contributed by atoms with Crippen LogP contribution in [0.5, 0.6) is 0 Å². The van der Waals surface area contributed by atoms with Gasteiger partial charge in [-0.3, -0.25) is 0 Å². The molecule has 1 aliphatic rings. The van der Waals surface area contributed by atoms with Gasteiger partial charge >= 0.3 is 6.03 Å². The molecule has 0 radical (unpaired) electrons. The lowest BCUT2D eigenvalue weighted by molar-refractivity contribution is 0.117. The van der Waals surface area contributed by atoms with Crippen molar-refractivity contribution in [1.29, 1.82) is 0 Å². The fourth-order valence-electron chi connectivity index (χ4n) is 3.61. The van der Waals surface area contributed by atoms with Gasteiger partial charge in [0.25, 0.3) is 0 Å². The van der Waals surface area contributed by atoms with Gasteiger partial charge in [-0.15, -0.1) is 0 Å². The summed E-state index contributed by atoms with van der Waals surface area (Å²) in [6, 6.07) is 7.74. The minimum Gasteiger partial charge on any atom is -0.459 e. The second-order valence-corrected chi connectivity index (χ2v) is 7.43. The van der Waals surface area contributed by atoms with E-state index in [0.29, 0.717) is 0 Å². The van der Waals surface area contributed by atoms with Gasteiger partial charge in [0.1, 0.15) is 11.3 Å². The zero-order valence-corrected chi connectivity index (χ0v) is 15.2. The maximum atomic E-state index is 12.5. The maximum absolute atomic E-state index is 12.5. The molecular weight excluding hydrogens is 316 g/mol. The van der Waals surface area contributed by atoms with Gasteiger partial charge in [0.05, 0.1) is 12.1 Å². The van der Waals surface area contributed by atoms with Gasteiger partial charge in [0.2, 0.25) is 0 Å². The number of hydrogen-bond acceptors (Lipinski definition) is 3. The van der Waals surface area contributed by atoms with Crippen molar-refractivity contribution in [3.63, 3.8) is 0 Å². The van der Waals surface area contributed by atoms with Crippen molar-refractivity contribution in [3.8, 4) is 0 Å². The zero-order valence-electron chi connectivity index (χ0n) is 15.2. The molecule has 1 fully saturated rings. The summed E-state index contributed by atoms with van der Waals surface area (Å²) in [5.41, 5.74) is 1.93. The van der Waals surface area contributed by atoms with Crippen molar-refractivity contribution in [2.45, 2.75) is 64.6 Å². The van der Waals surface area contributed by atoms with Crippen LogP contribution in [-0.4, -0.2) is 23.3 Å². The Hall–Kier alpha value is -2.01. The third-order valence-electron chi connectivity index (χ3n) is 5.15. The molecule has 2 amide bonds. The fraction of sp³-hybridized carbons (Fsp3) is 0.550. The van der Waals surface area contributed by atoms with E-state index in [-0.39, 0.29) is 30.1 Å². The zero-order chi connectivity index (χ0) is 18.0. The molecule has 1 atom stereocenters. The lowest BCUT2D eigenvalue weighted by Gasteiger charge is -2.28. The van der Waals surface area contributed by atoms with E-state index in [1.807, 2.05) is 31.2 Å². The number of rotatable bonds is 4. The highest BCUT2D eigenvalue weighted by Gasteiger charge is 2.27. The number of aliphatic hydroxyl groups is 1. The Kier molecular flexibility index (Phi) is 5.33. The molecule has 1 aliphatic carbocycles. The van der Waals surface area contributed by atoms with Crippen LogP contribution in [0.3, 0.4) is 0 Å². The molecule has 2 aromatic rings. The average molecular weight is 344 g/mol. The number of aliphatic hydroxyl groups excluding tert-OH is 1. The van der Waals surface area contributed by atoms with Crippen LogP contribution in [0.4, 0.5) is 4.79 Å². The second kappa shape index (κ2) is 7.48. The van der Waals surface area contributed by atoms with Crippen molar-refractivity contribution in [2.75, 3.05) is 0 Å². The van der Waals surface area contributed by atoms with Crippen LogP contribution in [0.15, 0.2) is 28.7 Å². The first kappa shape index (κ1) is 17.8. The lowest BCUT2D eigenvalue weighted by Crippen LogP contribution is -2.46. The van der Waals surface area contributed by atoms with Crippen molar-refractivity contribution in [1.82, 2.24) is 10.6 Å². The van der Waals surface area contributed by atoms with Crippen LogP contribution in [0.25, 0.3) is 11.0 Å². The lowest BCUT2D eigenvalue weighted by atomic mass is 9.93. The van der Waals surface area contributed by atoms with E-state index >= 15 is 0 Å². The molecule has 0 saturated heterocycles. The highest BCUT2D eigenvalue weighted by Crippen LogP contribution is 2.32. The second-order valence-electron chi connectivity index (χ2n) is 7.43. The number of amides is 2. The monoisotopic (exact) mass is 344 g/mol. The van der Waals surface area contributed by atoms with Gasteiger partial charge < -0.3 is 20.2 Å². The van der Waals surface area contributed by atoms with Crippen LogP contribution in [0, 0.1) is 12.8 Å². The summed E-state index contributed by atoms with van der Waals surface area (Å²) in [7, 11) is 0. The number of aryl methyl sites for hydroxylation is 1. The third kappa shape index (κ3) is 3.98. The minimum atomic E-state index is -0.220. The SMILES string of the molecule is Cc1c([C@@H](NC(=O)NC2CCC(O)CC2)C(C)C)oc2ccccc12. The normalized spacial score (nSPS) is 22.1. The molecule has 5 heteroatoms. The topological polar surface area (TPSA) is 74.5 Å². The first-order valence-electron chi connectivity index (χ1n) is 9.18. The highest BCUT2D eigenvalue weighted by atomic mass is 16.3. The quantitative estimate of drug-likeness (QED) is 0.783. The molecule has 1 aromatic carbocycles. The van der Waals surface area contributed by atoms with Gasteiger partial charge in [-0.2, -0.15) is 0 Å². The number of furan rings is 1. The van der Waals surface area contributed by atoms with E-state index in [9.17, 15) is 9.90 Å². The Morgan fingerprint density at radius 2 is 1.88 bits per heavy atom. The fourth-order valence-corrected chi connectivity index (χ4v) is 3.61. The Balaban J connectivity index is 1.72. The number of para-hydroxylation sites is 1. The Morgan fingerprint density at radius 3 is 2.52 bits per heavy atom. The molecule has 136 valence electrons. The number of carbonyl (C=O) groups is 1. The van der Waals surface area contributed by atoms with E-state index in [1.54, 1.807) is 0 Å². The Bertz CT molecular complexity index is 730. The first-order chi connectivity index (χ1) is 12.0. The number of fused-ring (bicyclic) bond motifs is 1. The van der Waals surface area contributed by atoms with Crippen LogP contribution < -0.4 is 10.6 Å². The van der Waals surface area contributed by atoms with E-state index < -0.39 is 0 Å². The number of nitrogens with one attached hydrogen (secondary N) is 2. The number of benzene rings is 1. The summed E-state index contributed by atoms with van der Waals surface area (Å²) < 4.78 is 6.05. The average Bonchev–Trinajstić information content (AvgIpc) is 2.91. The van der Waals surface area contributed by atoms with E-state index in [0.717, 1.165) is 48.0 Å². The highest BCUT2D eigenvalue weighted by molar-refractivity contribution is 5.82. The van der Waals surface area contributed by atoms with E-state index in [4.69, 9.17) is 4.42 Å². The smallest absolute Gasteiger partial charge is 0.315 e. The Morgan fingerprint density at radius 1 is 1.20 bits per heavy atom. The largest absolute Gasteiger partial charge is 0.459 e. The molecule has 1 heterocycles. The number of urea groups is 1. The summed E-state index contributed by atoms with van der Waals surface area (Å²) in [5, 5.41) is 16.8. The molecule has 1 aromatic heterocycles. The van der Waals surface area contributed by atoms with E-state index in [1.165, 1.54) is 0 Å².